The summed E-state index contributed by atoms with van der Waals surface area (Å²) in [6, 6.07) is -0.663. The van der Waals surface area contributed by atoms with E-state index in [0.717, 1.165) is 0 Å². The minimum atomic E-state index is -0.663. The molecule has 1 aliphatic heterocycles. The quantitative estimate of drug-likeness (QED) is 0.734. The lowest BCUT2D eigenvalue weighted by atomic mass is 10.1. The summed E-state index contributed by atoms with van der Waals surface area (Å²) in [7, 11) is 1.51. The van der Waals surface area contributed by atoms with Crippen LogP contribution in [0.15, 0.2) is 0 Å². The van der Waals surface area contributed by atoms with Gasteiger partial charge in [-0.25, -0.2) is 9.59 Å². The summed E-state index contributed by atoms with van der Waals surface area (Å²) >= 11 is 0. The van der Waals surface area contributed by atoms with Gasteiger partial charge in [-0.3, -0.25) is 4.90 Å². The van der Waals surface area contributed by atoms with E-state index in [4.69, 9.17) is 14.2 Å². The molecule has 0 radical (unpaired) electrons. The molecule has 0 spiro atoms. The van der Waals surface area contributed by atoms with Crippen LogP contribution in [0.1, 0.15) is 54.4 Å². The Morgan fingerprint density at radius 1 is 0.952 bits per heavy atom. The minimum Gasteiger partial charge on any atom is -0.458 e. The van der Waals surface area contributed by atoms with Crippen molar-refractivity contribution in [2.45, 2.75) is 77.9 Å². The summed E-state index contributed by atoms with van der Waals surface area (Å²) in [6.07, 6.45) is 0.0758. The average Bonchev–Trinajstić information content (AvgIpc) is 2.67. The molecule has 6 heteroatoms. The van der Waals surface area contributed by atoms with E-state index < -0.39 is 35.5 Å². The Hall–Kier alpha value is -1.30. The van der Waals surface area contributed by atoms with Gasteiger partial charge in [0, 0.05) is 7.11 Å². The topological polar surface area (TPSA) is 65.1 Å². The van der Waals surface area contributed by atoms with Crippen LogP contribution in [0.3, 0.4) is 0 Å². The highest BCUT2D eigenvalue weighted by molar-refractivity contribution is 5.82. The first-order valence-electron chi connectivity index (χ1n) is 7.21. The van der Waals surface area contributed by atoms with Gasteiger partial charge in [-0.05, 0) is 54.4 Å². The zero-order valence-electron chi connectivity index (χ0n) is 14.1. The second-order valence-corrected chi connectivity index (χ2v) is 7.20. The highest BCUT2D eigenvalue weighted by Gasteiger charge is 2.44. The van der Waals surface area contributed by atoms with Gasteiger partial charge in [-0.1, -0.05) is 0 Å². The number of nitrogens with zero attached hydrogens (tertiary/aromatic N) is 1. The Labute approximate surface area is 126 Å². The summed E-state index contributed by atoms with van der Waals surface area (Å²) < 4.78 is 16.0. The Bertz CT molecular complexity index is 394. The molecule has 0 N–H and O–H groups in total. The zero-order chi connectivity index (χ0) is 16.4. The summed E-state index contributed by atoms with van der Waals surface area (Å²) in [5.41, 5.74) is -1.22. The fourth-order valence-electron chi connectivity index (χ4n) is 2.17. The molecular weight excluding hydrogens is 274 g/mol. The van der Waals surface area contributed by atoms with Gasteiger partial charge in [-0.2, -0.15) is 0 Å². The van der Waals surface area contributed by atoms with Crippen molar-refractivity contribution in [1.29, 1.82) is 0 Å². The molecule has 0 aliphatic carbocycles. The van der Waals surface area contributed by atoms with Crippen molar-refractivity contribution in [2.24, 2.45) is 0 Å². The van der Waals surface area contributed by atoms with E-state index in [-0.39, 0.29) is 0 Å². The Balaban J connectivity index is 2.88. The van der Waals surface area contributed by atoms with Crippen molar-refractivity contribution in [3.05, 3.63) is 0 Å². The van der Waals surface area contributed by atoms with Crippen LogP contribution in [0.25, 0.3) is 0 Å². The standard InChI is InChI=1S/C15H27NO5/c1-14(2,3)20-12(17)10-8-9-11(19-7)16(10)13(18)21-15(4,5)6/h10-11H,8-9H2,1-7H3/t10?,11-/m0/s1. The number of methoxy groups -OCH3 is 1. The SMILES string of the molecule is CO[C@H]1CCC(C(=O)OC(C)(C)C)N1C(=O)OC(C)(C)C. The molecule has 0 bridgehead atoms. The van der Waals surface area contributed by atoms with E-state index in [0.29, 0.717) is 12.8 Å². The number of esters is 1. The van der Waals surface area contributed by atoms with Crippen LogP contribution in [0, 0.1) is 0 Å². The number of likely N-dealkylation sites (tertiary alicyclic amines) is 1. The molecule has 1 rings (SSSR count). The molecule has 1 aliphatic rings. The predicted octanol–water partition coefficient (Wildman–Crippen LogP) is 2.70. The number of hydrogen-bond donors (Lipinski definition) is 0. The molecule has 0 saturated carbocycles. The second-order valence-electron chi connectivity index (χ2n) is 7.20. The fourth-order valence-corrected chi connectivity index (χ4v) is 2.17. The van der Waals surface area contributed by atoms with Gasteiger partial charge >= 0.3 is 12.1 Å². The van der Waals surface area contributed by atoms with Crippen LogP contribution in [0.2, 0.25) is 0 Å². The Morgan fingerprint density at radius 3 is 1.90 bits per heavy atom. The van der Waals surface area contributed by atoms with Gasteiger partial charge in [0.05, 0.1) is 0 Å². The molecule has 0 aromatic rings. The van der Waals surface area contributed by atoms with Crippen LogP contribution in [0.5, 0.6) is 0 Å². The summed E-state index contributed by atoms with van der Waals surface area (Å²) in [6.45, 7) is 10.7. The largest absolute Gasteiger partial charge is 0.458 e. The monoisotopic (exact) mass is 301 g/mol. The molecule has 1 saturated heterocycles. The van der Waals surface area contributed by atoms with E-state index in [2.05, 4.69) is 0 Å². The lowest BCUT2D eigenvalue weighted by Crippen LogP contribution is -2.49. The van der Waals surface area contributed by atoms with E-state index in [9.17, 15) is 9.59 Å². The van der Waals surface area contributed by atoms with Gasteiger partial charge in [-0.15, -0.1) is 0 Å². The molecule has 122 valence electrons. The minimum absolute atomic E-state index is 0.423. The number of rotatable bonds is 2. The molecule has 1 unspecified atom stereocenters. The maximum absolute atomic E-state index is 12.3. The maximum Gasteiger partial charge on any atom is 0.413 e. The van der Waals surface area contributed by atoms with Crippen molar-refractivity contribution < 1.29 is 23.8 Å². The summed E-state index contributed by atoms with van der Waals surface area (Å²) in [5, 5.41) is 0. The number of hydrogen-bond acceptors (Lipinski definition) is 5. The average molecular weight is 301 g/mol. The lowest BCUT2D eigenvalue weighted by molar-refractivity contribution is -0.162. The van der Waals surface area contributed by atoms with E-state index in [1.165, 1.54) is 12.0 Å². The van der Waals surface area contributed by atoms with Crippen molar-refractivity contribution >= 4 is 12.1 Å². The lowest BCUT2D eigenvalue weighted by Gasteiger charge is -2.32. The molecule has 2 atom stereocenters. The van der Waals surface area contributed by atoms with Gasteiger partial charge in [0.25, 0.3) is 0 Å². The van der Waals surface area contributed by atoms with Crippen LogP contribution < -0.4 is 0 Å². The van der Waals surface area contributed by atoms with Crippen LogP contribution in [-0.4, -0.2) is 47.5 Å². The molecule has 6 nitrogen and oxygen atoms in total. The van der Waals surface area contributed by atoms with Crippen molar-refractivity contribution in [1.82, 2.24) is 4.90 Å². The van der Waals surface area contributed by atoms with Gasteiger partial charge in [0.15, 0.2) is 0 Å². The molecule has 0 aromatic heterocycles. The highest BCUT2D eigenvalue weighted by atomic mass is 16.6. The molecule has 0 aromatic carbocycles. The maximum atomic E-state index is 12.3. The third-order valence-electron chi connectivity index (χ3n) is 2.89. The molecule has 1 fully saturated rings. The van der Waals surface area contributed by atoms with Crippen LogP contribution in [0.4, 0.5) is 4.79 Å². The van der Waals surface area contributed by atoms with Crippen molar-refractivity contribution in [2.75, 3.05) is 7.11 Å². The first kappa shape index (κ1) is 17.8. The number of ether oxygens (including phenoxy) is 3. The van der Waals surface area contributed by atoms with Gasteiger partial charge in [0.2, 0.25) is 0 Å². The molecule has 1 heterocycles. The fraction of sp³-hybridized carbons (Fsp3) is 0.867. The van der Waals surface area contributed by atoms with Crippen LogP contribution >= 0.6 is 0 Å². The van der Waals surface area contributed by atoms with E-state index in [1.807, 2.05) is 0 Å². The smallest absolute Gasteiger partial charge is 0.413 e. The van der Waals surface area contributed by atoms with Gasteiger partial charge in [0.1, 0.15) is 23.5 Å². The number of carbonyl (C=O) groups excluding carboxylic acids is 2. The summed E-state index contributed by atoms with van der Waals surface area (Å²) in [5.74, 6) is -0.423. The van der Waals surface area contributed by atoms with E-state index in [1.54, 1.807) is 41.5 Å². The number of carbonyl (C=O) groups is 2. The second kappa shape index (κ2) is 6.22. The number of amides is 1. The zero-order valence-corrected chi connectivity index (χ0v) is 14.1. The van der Waals surface area contributed by atoms with Gasteiger partial charge < -0.3 is 14.2 Å². The third kappa shape index (κ3) is 5.19. The Kier molecular flexibility index (Phi) is 5.25. The third-order valence-corrected chi connectivity index (χ3v) is 2.89. The first-order chi connectivity index (χ1) is 9.44. The normalized spacial score (nSPS) is 23.1. The Morgan fingerprint density at radius 2 is 1.48 bits per heavy atom. The van der Waals surface area contributed by atoms with Crippen molar-refractivity contribution in [3.8, 4) is 0 Å². The van der Waals surface area contributed by atoms with Crippen molar-refractivity contribution in [3.63, 3.8) is 0 Å². The highest BCUT2D eigenvalue weighted by Crippen LogP contribution is 2.28. The molecular formula is C15H27NO5. The van der Waals surface area contributed by atoms with Crippen LogP contribution in [-0.2, 0) is 19.0 Å². The summed E-state index contributed by atoms with van der Waals surface area (Å²) in [4.78, 5) is 25.9. The molecule has 1 amide bonds. The van der Waals surface area contributed by atoms with E-state index >= 15 is 0 Å². The molecule has 21 heavy (non-hydrogen) atoms. The predicted molar refractivity (Wildman–Crippen MR) is 77.7 cm³/mol. The first-order valence-corrected chi connectivity index (χ1v) is 7.21.